The minimum absolute atomic E-state index is 0.0173. The topological polar surface area (TPSA) is 44.8 Å². The van der Waals surface area contributed by atoms with Gasteiger partial charge in [0.25, 0.3) is 0 Å². The molecule has 11 heavy (non-hydrogen) atoms. The zero-order valence-corrected chi connectivity index (χ0v) is 7.79. The van der Waals surface area contributed by atoms with E-state index in [0.717, 1.165) is 0 Å². The van der Waals surface area contributed by atoms with E-state index in [9.17, 15) is 4.57 Å². The van der Waals surface area contributed by atoms with E-state index in [-0.39, 0.29) is 12.2 Å². The summed E-state index contributed by atoms with van der Waals surface area (Å²) < 4.78 is 25.4. The van der Waals surface area contributed by atoms with Crippen LogP contribution < -0.4 is 0 Å². The van der Waals surface area contributed by atoms with E-state index in [1.165, 1.54) is 0 Å². The monoisotopic (exact) mass is 179 g/mol. The first-order valence-corrected chi connectivity index (χ1v) is 4.30. The molecule has 0 spiro atoms. The summed E-state index contributed by atoms with van der Waals surface area (Å²) >= 11 is 0. The van der Waals surface area contributed by atoms with Gasteiger partial charge in [0, 0.05) is 6.92 Å². The quantitative estimate of drug-likeness (QED) is 0.601. The lowest BCUT2D eigenvalue weighted by atomic mass is 10.3. The van der Waals surface area contributed by atoms with Crippen LogP contribution in [0.25, 0.3) is 0 Å². The molecule has 0 aromatic carbocycles. The third-order valence-corrected chi connectivity index (χ3v) is 2.14. The van der Waals surface area contributed by atoms with Gasteiger partial charge in [0.05, 0.1) is 12.2 Å². The molecule has 1 aliphatic rings. The van der Waals surface area contributed by atoms with Crippen LogP contribution in [-0.2, 0) is 18.6 Å². The van der Waals surface area contributed by atoms with Gasteiger partial charge in [-0.1, -0.05) is 4.52 Å². The maximum Gasteiger partial charge on any atom is 0.499 e. The van der Waals surface area contributed by atoms with Crippen molar-refractivity contribution in [2.24, 2.45) is 0 Å². The second-order valence-electron chi connectivity index (χ2n) is 2.69. The molecule has 4 nitrogen and oxygen atoms in total. The average molecular weight is 179 g/mol. The molecule has 0 aromatic rings. The van der Waals surface area contributed by atoms with Crippen LogP contribution >= 0.6 is 8.69 Å². The van der Waals surface area contributed by atoms with Crippen LogP contribution in [0.4, 0.5) is 0 Å². The van der Waals surface area contributed by atoms with Gasteiger partial charge in [-0.05, 0) is 18.4 Å². The van der Waals surface area contributed by atoms with Crippen LogP contribution in [0.1, 0.15) is 20.8 Å². The molecule has 1 aliphatic heterocycles. The van der Waals surface area contributed by atoms with Gasteiger partial charge in [0.2, 0.25) is 0 Å². The van der Waals surface area contributed by atoms with E-state index in [1.807, 2.05) is 13.8 Å². The molecule has 1 saturated heterocycles. The van der Waals surface area contributed by atoms with Gasteiger partial charge in [0.15, 0.2) is 0 Å². The van der Waals surface area contributed by atoms with Crippen molar-refractivity contribution in [3.05, 3.63) is 0 Å². The highest BCUT2D eigenvalue weighted by Crippen LogP contribution is 2.31. The molecular weight excluding hydrogens is 167 g/mol. The Balaban J connectivity index is 2.55. The number of rotatable bonds is 2. The number of ether oxygens (including phenoxy) is 2. The Kier molecular flexibility index (Phi) is 2.60. The van der Waals surface area contributed by atoms with Gasteiger partial charge in [-0.2, -0.15) is 0 Å². The molecule has 3 atom stereocenters. The molecule has 1 fully saturated rings. The molecule has 0 aromatic heterocycles. The highest BCUT2D eigenvalue weighted by molar-refractivity contribution is 7.17. The Bertz CT molecular complexity index is 151. The lowest BCUT2D eigenvalue weighted by Gasteiger charge is -2.13. The summed E-state index contributed by atoms with van der Waals surface area (Å²) in [4.78, 5) is 0. The van der Waals surface area contributed by atoms with Crippen molar-refractivity contribution in [1.29, 1.82) is 0 Å². The van der Waals surface area contributed by atoms with E-state index in [2.05, 4.69) is 0 Å². The SMILES string of the molecule is CC1OC(C)(O[PH+]=O)OC1C. The summed E-state index contributed by atoms with van der Waals surface area (Å²) in [6.07, 6.45) is -0.0345. The average Bonchev–Trinajstić information content (AvgIpc) is 2.08. The van der Waals surface area contributed by atoms with Crippen LogP contribution in [0, 0.1) is 0 Å². The maximum absolute atomic E-state index is 10.1. The summed E-state index contributed by atoms with van der Waals surface area (Å²) in [7, 11) is -0.858. The first-order chi connectivity index (χ1) is 5.07. The zero-order chi connectivity index (χ0) is 8.48. The predicted molar refractivity (Wildman–Crippen MR) is 39.6 cm³/mol. The first-order valence-electron chi connectivity index (χ1n) is 3.48. The molecule has 5 heteroatoms. The summed E-state index contributed by atoms with van der Waals surface area (Å²) in [5.41, 5.74) is 0. The molecular formula is C6H12O4P+. The standard InChI is InChI=1S/C6H12O4P/c1-4-5(2)9-6(3,8-4)10-11-7/h4-5,11H,1-3H3/q+1. The van der Waals surface area contributed by atoms with Gasteiger partial charge in [0.1, 0.15) is 0 Å². The third kappa shape index (κ3) is 1.97. The summed E-state index contributed by atoms with van der Waals surface area (Å²) in [6.45, 7) is 5.37. The fourth-order valence-corrected chi connectivity index (χ4v) is 1.27. The van der Waals surface area contributed by atoms with Crippen molar-refractivity contribution in [1.82, 2.24) is 0 Å². The summed E-state index contributed by atoms with van der Waals surface area (Å²) in [5, 5.41) is 0. The van der Waals surface area contributed by atoms with Crippen LogP contribution in [0.3, 0.4) is 0 Å². The third-order valence-electron chi connectivity index (χ3n) is 1.69. The van der Waals surface area contributed by atoms with Gasteiger partial charge in [-0.15, -0.1) is 0 Å². The van der Waals surface area contributed by atoms with Crippen molar-refractivity contribution in [2.75, 3.05) is 0 Å². The Morgan fingerprint density at radius 3 is 2.18 bits per heavy atom. The Labute approximate surface area is 67.1 Å². The smallest absolute Gasteiger partial charge is 0.319 e. The number of hydrogen-bond acceptors (Lipinski definition) is 4. The zero-order valence-electron chi connectivity index (χ0n) is 6.79. The van der Waals surface area contributed by atoms with Crippen molar-refractivity contribution in [3.8, 4) is 0 Å². The van der Waals surface area contributed by atoms with Crippen molar-refractivity contribution >= 4 is 8.69 Å². The molecule has 0 radical (unpaired) electrons. The molecule has 0 aliphatic carbocycles. The van der Waals surface area contributed by atoms with Crippen LogP contribution in [0.5, 0.6) is 0 Å². The minimum atomic E-state index is -1.11. The van der Waals surface area contributed by atoms with Gasteiger partial charge < -0.3 is 9.47 Å². The molecule has 0 saturated carbocycles. The van der Waals surface area contributed by atoms with Gasteiger partial charge in [-0.25, -0.2) is 0 Å². The Hall–Kier alpha value is -0.0200. The second-order valence-corrected chi connectivity index (χ2v) is 3.06. The minimum Gasteiger partial charge on any atom is -0.319 e. The van der Waals surface area contributed by atoms with E-state index in [0.29, 0.717) is 0 Å². The van der Waals surface area contributed by atoms with Crippen LogP contribution in [0.15, 0.2) is 0 Å². The molecule has 0 N–H and O–H groups in total. The molecule has 1 heterocycles. The molecule has 3 unspecified atom stereocenters. The highest BCUT2D eigenvalue weighted by atomic mass is 31.1. The fraction of sp³-hybridized carbons (Fsp3) is 1.00. The first kappa shape index (κ1) is 9.07. The van der Waals surface area contributed by atoms with E-state index in [4.69, 9.17) is 14.0 Å². The van der Waals surface area contributed by atoms with E-state index < -0.39 is 14.7 Å². The van der Waals surface area contributed by atoms with Crippen molar-refractivity contribution in [2.45, 2.75) is 39.0 Å². The summed E-state index contributed by atoms with van der Waals surface area (Å²) in [5.74, 6) is -1.11. The number of hydrogen-bond donors (Lipinski definition) is 0. The normalized spacial score (nSPS) is 45.0. The van der Waals surface area contributed by atoms with Crippen molar-refractivity contribution in [3.63, 3.8) is 0 Å². The lowest BCUT2D eigenvalue weighted by molar-refractivity contribution is -0.279. The predicted octanol–water partition coefficient (Wildman–Crippen LogP) is 1.44. The largest absolute Gasteiger partial charge is 0.499 e. The van der Waals surface area contributed by atoms with E-state index in [1.54, 1.807) is 6.92 Å². The van der Waals surface area contributed by atoms with Gasteiger partial charge in [-0.3, -0.25) is 0 Å². The van der Waals surface area contributed by atoms with E-state index >= 15 is 0 Å². The van der Waals surface area contributed by atoms with Crippen molar-refractivity contribution < 1.29 is 18.6 Å². The molecule has 1 rings (SSSR count). The maximum atomic E-state index is 10.1. The molecule has 0 bridgehead atoms. The highest BCUT2D eigenvalue weighted by Gasteiger charge is 2.44. The lowest BCUT2D eigenvalue weighted by Crippen LogP contribution is -2.26. The van der Waals surface area contributed by atoms with Crippen LogP contribution in [-0.4, -0.2) is 18.2 Å². The Morgan fingerprint density at radius 1 is 1.36 bits per heavy atom. The fourth-order valence-electron chi connectivity index (χ4n) is 1.02. The Morgan fingerprint density at radius 2 is 1.82 bits per heavy atom. The molecule has 64 valence electrons. The molecule has 0 amide bonds. The second kappa shape index (κ2) is 3.15. The summed E-state index contributed by atoms with van der Waals surface area (Å²) in [6, 6.07) is 0. The van der Waals surface area contributed by atoms with Gasteiger partial charge >= 0.3 is 14.7 Å². The van der Waals surface area contributed by atoms with Crippen LogP contribution in [0.2, 0.25) is 0 Å².